The van der Waals surface area contributed by atoms with Crippen LogP contribution in [0.3, 0.4) is 0 Å². The van der Waals surface area contributed by atoms with E-state index >= 15 is 0 Å². The minimum absolute atomic E-state index is 0.169. The summed E-state index contributed by atoms with van der Waals surface area (Å²) >= 11 is 0. The second-order valence-electron chi connectivity index (χ2n) is 5.95. The summed E-state index contributed by atoms with van der Waals surface area (Å²) in [5.74, 6) is -0.675. The van der Waals surface area contributed by atoms with E-state index in [1.807, 2.05) is 0 Å². The van der Waals surface area contributed by atoms with E-state index in [1.54, 1.807) is 42.5 Å². The number of halogens is 1. The molecule has 0 spiro atoms. The highest BCUT2D eigenvalue weighted by molar-refractivity contribution is 7.92. The van der Waals surface area contributed by atoms with Gasteiger partial charge in [0.05, 0.1) is 10.1 Å². The average molecular weight is 334 g/mol. The molecule has 2 aromatic rings. The van der Waals surface area contributed by atoms with Gasteiger partial charge in [-0.2, -0.15) is 0 Å². The first kappa shape index (κ1) is 16.1. The highest BCUT2D eigenvalue weighted by atomic mass is 32.2. The molecule has 3 rings (SSSR count). The molecule has 0 bridgehead atoms. The van der Waals surface area contributed by atoms with Crippen molar-refractivity contribution in [3.8, 4) is 0 Å². The van der Waals surface area contributed by atoms with Crippen molar-refractivity contribution in [3.05, 3.63) is 66.0 Å². The second-order valence-corrected chi connectivity index (χ2v) is 8.02. The zero-order valence-corrected chi connectivity index (χ0v) is 13.3. The molecule has 122 valence electrons. The van der Waals surface area contributed by atoms with Crippen LogP contribution in [-0.4, -0.2) is 26.8 Å². The van der Waals surface area contributed by atoms with Crippen molar-refractivity contribution in [3.63, 3.8) is 0 Å². The Morgan fingerprint density at radius 1 is 0.957 bits per heavy atom. The summed E-state index contributed by atoms with van der Waals surface area (Å²) in [6, 6.07) is 14.2. The molecule has 6 heteroatoms. The Balaban J connectivity index is 2.05. The third-order valence-corrected chi connectivity index (χ3v) is 7.11. The maximum absolute atomic E-state index is 13.2. The van der Waals surface area contributed by atoms with Crippen LogP contribution in [0.1, 0.15) is 11.5 Å². The topological polar surface area (TPSA) is 86.2 Å². The van der Waals surface area contributed by atoms with Crippen LogP contribution in [-0.2, 0) is 9.84 Å². The van der Waals surface area contributed by atoms with E-state index in [1.165, 1.54) is 12.1 Å². The third kappa shape index (κ3) is 2.47. The molecule has 1 aliphatic rings. The Kier molecular flexibility index (Phi) is 4.00. The number of hydrogen-bond acceptors (Lipinski definition) is 4. The van der Waals surface area contributed by atoms with Crippen molar-refractivity contribution in [2.24, 2.45) is 16.9 Å². The highest BCUT2D eigenvalue weighted by Crippen LogP contribution is 2.62. The van der Waals surface area contributed by atoms with Gasteiger partial charge in [0.1, 0.15) is 5.82 Å². The molecule has 4 nitrogen and oxygen atoms in total. The van der Waals surface area contributed by atoms with Gasteiger partial charge in [-0.15, -0.1) is 0 Å². The summed E-state index contributed by atoms with van der Waals surface area (Å²) in [6.45, 7) is 0.338. The fraction of sp³-hybridized carbons (Fsp3) is 0.294. The summed E-state index contributed by atoms with van der Waals surface area (Å²) in [5, 5.41) is -0.683. The fourth-order valence-electron chi connectivity index (χ4n) is 3.44. The van der Waals surface area contributed by atoms with Crippen LogP contribution in [0.5, 0.6) is 0 Å². The fourth-order valence-corrected chi connectivity index (χ4v) is 5.94. The summed E-state index contributed by atoms with van der Waals surface area (Å²) in [7, 11) is -3.56. The molecule has 1 saturated carbocycles. The van der Waals surface area contributed by atoms with Gasteiger partial charge in [0, 0.05) is 24.4 Å². The summed E-state index contributed by atoms with van der Waals surface area (Å²) < 4.78 is 39.1. The first-order chi connectivity index (χ1) is 11.0. The summed E-state index contributed by atoms with van der Waals surface area (Å²) in [5.41, 5.74) is 11.8. The molecule has 0 amide bonds. The monoisotopic (exact) mass is 334 g/mol. The van der Waals surface area contributed by atoms with Crippen LogP contribution in [0.25, 0.3) is 0 Å². The highest BCUT2D eigenvalue weighted by Gasteiger charge is 2.69. The SMILES string of the molecule is NCC1(CN)[C@H](c2ccc(F)cc2)[C@H]1S(=O)(=O)c1ccccc1. The van der Waals surface area contributed by atoms with Crippen LogP contribution in [0.4, 0.5) is 4.39 Å². The first-order valence-corrected chi connectivity index (χ1v) is 8.96. The number of sulfone groups is 1. The van der Waals surface area contributed by atoms with Gasteiger partial charge in [0.2, 0.25) is 0 Å². The Bertz CT molecular complexity index is 787. The van der Waals surface area contributed by atoms with Crippen molar-refractivity contribution < 1.29 is 12.8 Å². The predicted octanol–water partition coefficient (Wildman–Crippen LogP) is 1.67. The van der Waals surface area contributed by atoms with E-state index in [2.05, 4.69) is 0 Å². The van der Waals surface area contributed by atoms with Crippen molar-refractivity contribution >= 4 is 9.84 Å². The van der Waals surface area contributed by atoms with Crippen LogP contribution in [0, 0.1) is 11.2 Å². The molecule has 0 aliphatic heterocycles. The van der Waals surface area contributed by atoms with Gasteiger partial charge in [-0.25, -0.2) is 12.8 Å². The molecular weight excluding hydrogens is 315 g/mol. The molecule has 0 unspecified atom stereocenters. The van der Waals surface area contributed by atoms with E-state index in [-0.39, 0.29) is 29.7 Å². The average Bonchev–Trinajstić information content (AvgIpc) is 3.27. The van der Waals surface area contributed by atoms with Gasteiger partial charge in [0.25, 0.3) is 0 Å². The minimum Gasteiger partial charge on any atom is -0.330 e. The molecule has 2 atom stereocenters. The number of hydrogen-bond donors (Lipinski definition) is 2. The van der Waals surface area contributed by atoms with Gasteiger partial charge in [-0.3, -0.25) is 0 Å². The Morgan fingerprint density at radius 3 is 2.04 bits per heavy atom. The largest absolute Gasteiger partial charge is 0.330 e. The van der Waals surface area contributed by atoms with Crippen molar-refractivity contribution in [1.82, 2.24) is 0 Å². The van der Waals surface area contributed by atoms with E-state index < -0.39 is 20.5 Å². The molecular formula is C17H19FN2O2S. The Morgan fingerprint density at radius 2 is 1.52 bits per heavy atom. The van der Waals surface area contributed by atoms with E-state index in [9.17, 15) is 12.8 Å². The lowest BCUT2D eigenvalue weighted by molar-refractivity contribution is 0.509. The van der Waals surface area contributed by atoms with Gasteiger partial charge in [-0.05, 0) is 29.8 Å². The van der Waals surface area contributed by atoms with Crippen molar-refractivity contribution in [1.29, 1.82) is 0 Å². The van der Waals surface area contributed by atoms with E-state index in [0.717, 1.165) is 5.56 Å². The molecule has 23 heavy (non-hydrogen) atoms. The lowest BCUT2D eigenvalue weighted by atomic mass is 9.99. The van der Waals surface area contributed by atoms with Gasteiger partial charge >= 0.3 is 0 Å². The molecule has 2 aromatic carbocycles. The number of nitrogens with two attached hydrogens (primary N) is 2. The standard InChI is InChI=1S/C17H19FN2O2S/c18-13-8-6-12(7-9-13)15-16(17(15,10-19)11-20)23(21,22)14-4-2-1-3-5-14/h1-9,15-16H,10-11,19-20H2/t15-,16-/m1/s1. The van der Waals surface area contributed by atoms with Crippen molar-refractivity contribution in [2.75, 3.05) is 13.1 Å². The number of rotatable bonds is 5. The molecule has 0 heterocycles. The first-order valence-electron chi connectivity index (χ1n) is 7.42. The molecule has 4 N–H and O–H groups in total. The maximum atomic E-state index is 13.2. The van der Waals surface area contributed by atoms with Crippen LogP contribution in [0.2, 0.25) is 0 Å². The second kappa shape index (κ2) is 5.70. The Hall–Kier alpha value is -1.76. The minimum atomic E-state index is -3.56. The van der Waals surface area contributed by atoms with Crippen molar-refractivity contribution in [2.45, 2.75) is 16.1 Å². The summed E-state index contributed by atoms with van der Waals surface area (Å²) in [6.07, 6.45) is 0. The smallest absolute Gasteiger partial charge is 0.182 e. The molecule has 0 saturated heterocycles. The van der Waals surface area contributed by atoms with E-state index in [0.29, 0.717) is 0 Å². The lowest BCUT2D eigenvalue weighted by Gasteiger charge is -2.13. The van der Waals surface area contributed by atoms with E-state index in [4.69, 9.17) is 11.5 Å². The van der Waals surface area contributed by atoms with Crippen LogP contribution < -0.4 is 11.5 Å². The number of benzene rings is 2. The van der Waals surface area contributed by atoms with Gasteiger partial charge < -0.3 is 11.5 Å². The van der Waals surface area contributed by atoms with Crippen LogP contribution in [0.15, 0.2) is 59.5 Å². The zero-order chi connectivity index (χ0) is 16.7. The summed E-state index contributed by atoms with van der Waals surface area (Å²) in [4.78, 5) is 0.265. The molecule has 1 fully saturated rings. The normalized spacial score (nSPS) is 22.7. The lowest BCUT2D eigenvalue weighted by Crippen LogP contribution is -2.31. The third-order valence-electron chi connectivity index (χ3n) is 4.77. The predicted molar refractivity (Wildman–Crippen MR) is 87.1 cm³/mol. The molecule has 0 radical (unpaired) electrons. The molecule has 1 aliphatic carbocycles. The zero-order valence-electron chi connectivity index (χ0n) is 12.5. The van der Waals surface area contributed by atoms with Gasteiger partial charge in [-0.1, -0.05) is 30.3 Å². The maximum Gasteiger partial charge on any atom is 0.182 e. The Labute approximate surface area is 135 Å². The molecule has 0 aromatic heterocycles. The quantitative estimate of drug-likeness (QED) is 0.871. The van der Waals surface area contributed by atoms with Gasteiger partial charge in [0.15, 0.2) is 9.84 Å². The van der Waals surface area contributed by atoms with Crippen LogP contribution >= 0.6 is 0 Å².